The smallest absolute Gasteiger partial charge is 0.234 e. The van der Waals surface area contributed by atoms with Crippen LogP contribution >= 0.6 is 11.8 Å². The number of aryl methyl sites for hydroxylation is 1. The van der Waals surface area contributed by atoms with Crippen LogP contribution in [0.1, 0.15) is 36.2 Å². The Morgan fingerprint density at radius 3 is 2.48 bits per heavy atom. The predicted molar refractivity (Wildman–Crippen MR) is 125 cm³/mol. The number of benzene rings is 2. The monoisotopic (exact) mass is 435 g/mol. The highest BCUT2D eigenvalue weighted by molar-refractivity contribution is 7.99. The van der Waals surface area contributed by atoms with E-state index in [0.29, 0.717) is 12.3 Å². The van der Waals surface area contributed by atoms with Gasteiger partial charge in [0.15, 0.2) is 5.16 Å². The first-order chi connectivity index (χ1) is 15.2. The van der Waals surface area contributed by atoms with Gasteiger partial charge in [-0.25, -0.2) is 0 Å². The molecule has 0 radical (unpaired) electrons. The number of thioether (sulfide) groups is 1. The van der Waals surface area contributed by atoms with Gasteiger partial charge >= 0.3 is 0 Å². The molecule has 7 heteroatoms. The zero-order valence-corrected chi connectivity index (χ0v) is 18.8. The van der Waals surface area contributed by atoms with Gasteiger partial charge in [0.05, 0.1) is 18.8 Å². The van der Waals surface area contributed by atoms with Crippen molar-refractivity contribution < 1.29 is 4.79 Å². The van der Waals surface area contributed by atoms with Gasteiger partial charge in [-0.05, 0) is 50.0 Å². The molecule has 1 aromatic heterocycles. The molecule has 6 nitrogen and oxygen atoms in total. The molecule has 31 heavy (non-hydrogen) atoms. The number of hydrogen-bond acceptors (Lipinski definition) is 5. The van der Waals surface area contributed by atoms with Crippen LogP contribution in [-0.2, 0) is 17.9 Å². The number of para-hydroxylation sites is 1. The highest BCUT2D eigenvalue weighted by Gasteiger charge is 2.18. The molecule has 1 aliphatic rings. The third-order valence-corrected chi connectivity index (χ3v) is 6.51. The van der Waals surface area contributed by atoms with E-state index < -0.39 is 0 Å². The van der Waals surface area contributed by atoms with Gasteiger partial charge in [-0.3, -0.25) is 9.69 Å². The summed E-state index contributed by atoms with van der Waals surface area (Å²) in [4.78, 5) is 15.0. The van der Waals surface area contributed by atoms with Gasteiger partial charge < -0.3 is 9.88 Å². The van der Waals surface area contributed by atoms with Crippen LogP contribution < -0.4 is 5.32 Å². The van der Waals surface area contributed by atoms with Crippen molar-refractivity contribution in [2.24, 2.45) is 0 Å². The van der Waals surface area contributed by atoms with Gasteiger partial charge in [0.2, 0.25) is 5.91 Å². The molecule has 2 aromatic carbocycles. The lowest BCUT2D eigenvalue weighted by atomic mass is 10.1. The summed E-state index contributed by atoms with van der Waals surface area (Å²) in [6.07, 6.45) is 3.80. The lowest BCUT2D eigenvalue weighted by molar-refractivity contribution is -0.113. The normalized spacial score (nSPS) is 14.5. The second kappa shape index (κ2) is 10.6. The highest BCUT2D eigenvalue weighted by Crippen LogP contribution is 2.22. The molecule has 1 fully saturated rings. The van der Waals surface area contributed by atoms with E-state index in [9.17, 15) is 4.79 Å². The van der Waals surface area contributed by atoms with Crippen LogP contribution in [0.25, 0.3) is 0 Å². The van der Waals surface area contributed by atoms with E-state index in [0.717, 1.165) is 41.9 Å². The summed E-state index contributed by atoms with van der Waals surface area (Å²) < 4.78 is 2.16. The highest BCUT2D eigenvalue weighted by atomic mass is 32.2. The van der Waals surface area contributed by atoms with Gasteiger partial charge in [0.25, 0.3) is 0 Å². The summed E-state index contributed by atoms with van der Waals surface area (Å²) in [5.41, 5.74) is 3.11. The van der Waals surface area contributed by atoms with Gasteiger partial charge in [-0.15, -0.1) is 10.2 Å². The van der Waals surface area contributed by atoms with Crippen molar-refractivity contribution in [3.8, 4) is 0 Å². The Bertz CT molecular complexity index is 998. The number of aromatic nitrogens is 3. The van der Waals surface area contributed by atoms with Gasteiger partial charge in [0, 0.05) is 5.69 Å². The summed E-state index contributed by atoms with van der Waals surface area (Å²) in [7, 11) is 0. The van der Waals surface area contributed by atoms with Crippen molar-refractivity contribution in [3.05, 3.63) is 71.5 Å². The number of amides is 1. The van der Waals surface area contributed by atoms with Crippen molar-refractivity contribution in [2.45, 2.75) is 44.4 Å². The van der Waals surface area contributed by atoms with Gasteiger partial charge in [-0.2, -0.15) is 0 Å². The lowest BCUT2D eigenvalue weighted by Gasteiger charge is -2.26. The van der Waals surface area contributed by atoms with E-state index in [-0.39, 0.29) is 5.91 Å². The average molecular weight is 436 g/mol. The summed E-state index contributed by atoms with van der Waals surface area (Å²) in [5, 5.41) is 12.7. The van der Waals surface area contributed by atoms with Crippen molar-refractivity contribution in [1.82, 2.24) is 19.7 Å². The zero-order chi connectivity index (χ0) is 21.5. The molecule has 0 spiro atoms. The first-order valence-electron chi connectivity index (χ1n) is 10.9. The van der Waals surface area contributed by atoms with E-state index in [4.69, 9.17) is 0 Å². The number of carbonyl (C=O) groups is 1. The molecule has 1 amide bonds. The van der Waals surface area contributed by atoms with Crippen molar-refractivity contribution in [2.75, 3.05) is 24.2 Å². The fourth-order valence-corrected chi connectivity index (χ4v) is 4.57. The molecule has 0 saturated carbocycles. The summed E-state index contributed by atoms with van der Waals surface area (Å²) in [5.74, 6) is 1.23. The standard InChI is InChI=1S/C24H29N5OS/c1-19-10-6-7-13-21(19)25-23(30)18-31-24-27-26-22(17-28-14-8-3-9-15-28)29(24)16-20-11-4-2-5-12-20/h2,4-7,10-13H,3,8-9,14-18H2,1H3,(H,25,30). The molecular formula is C24H29N5OS. The van der Waals surface area contributed by atoms with Crippen LogP contribution in [-0.4, -0.2) is 44.4 Å². The van der Waals surface area contributed by atoms with Crippen LogP contribution in [0.2, 0.25) is 0 Å². The van der Waals surface area contributed by atoms with E-state index in [1.165, 1.54) is 36.6 Å². The third-order valence-electron chi connectivity index (χ3n) is 5.54. The first kappa shape index (κ1) is 21.6. The Labute approximate surface area is 188 Å². The maximum Gasteiger partial charge on any atom is 0.234 e. The van der Waals surface area contributed by atoms with Crippen molar-refractivity contribution in [1.29, 1.82) is 0 Å². The number of nitrogens with one attached hydrogen (secondary N) is 1. The Morgan fingerprint density at radius 1 is 0.968 bits per heavy atom. The molecule has 0 atom stereocenters. The van der Waals surface area contributed by atoms with Crippen LogP contribution in [0.3, 0.4) is 0 Å². The van der Waals surface area contributed by atoms with Crippen LogP contribution in [0.4, 0.5) is 5.69 Å². The third kappa shape index (κ3) is 5.95. The van der Waals surface area contributed by atoms with E-state index in [2.05, 4.69) is 37.1 Å². The zero-order valence-electron chi connectivity index (χ0n) is 18.0. The first-order valence-corrected chi connectivity index (χ1v) is 11.8. The molecule has 0 aliphatic carbocycles. The van der Waals surface area contributed by atoms with Crippen LogP contribution in [0.15, 0.2) is 59.8 Å². The average Bonchev–Trinajstić information content (AvgIpc) is 3.16. The molecule has 162 valence electrons. The largest absolute Gasteiger partial charge is 0.325 e. The summed E-state index contributed by atoms with van der Waals surface area (Å²) >= 11 is 1.44. The summed E-state index contributed by atoms with van der Waals surface area (Å²) in [6.45, 7) is 5.72. The topological polar surface area (TPSA) is 63.1 Å². The number of rotatable bonds is 8. The molecule has 2 heterocycles. The van der Waals surface area contributed by atoms with E-state index >= 15 is 0 Å². The molecule has 3 aromatic rings. The number of anilines is 1. The molecule has 0 unspecified atom stereocenters. The minimum Gasteiger partial charge on any atom is -0.325 e. The minimum atomic E-state index is -0.0360. The van der Waals surface area contributed by atoms with E-state index in [1.807, 2.05) is 49.4 Å². The number of likely N-dealkylation sites (tertiary alicyclic amines) is 1. The Morgan fingerprint density at radius 2 is 1.71 bits per heavy atom. The molecular weight excluding hydrogens is 406 g/mol. The Hall–Kier alpha value is -2.64. The Kier molecular flexibility index (Phi) is 7.38. The quantitative estimate of drug-likeness (QED) is 0.533. The number of piperidine rings is 1. The molecule has 0 bridgehead atoms. The number of hydrogen-bond donors (Lipinski definition) is 1. The maximum absolute atomic E-state index is 12.5. The van der Waals surface area contributed by atoms with Crippen LogP contribution in [0.5, 0.6) is 0 Å². The van der Waals surface area contributed by atoms with Crippen molar-refractivity contribution >= 4 is 23.4 Å². The summed E-state index contributed by atoms with van der Waals surface area (Å²) in [6, 6.07) is 18.2. The SMILES string of the molecule is Cc1ccccc1NC(=O)CSc1nnc(CN2CCCCC2)n1Cc1ccccc1. The minimum absolute atomic E-state index is 0.0360. The number of nitrogens with zero attached hydrogens (tertiary/aromatic N) is 4. The fourth-order valence-electron chi connectivity index (χ4n) is 3.81. The van der Waals surface area contributed by atoms with Crippen LogP contribution in [0, 0.1) is 6.92 Å². The number of carbonyl (C=O) groups excluding carboxylic acids is 1. The Balaban J connectivity index is 1.46. The maximum atomic E-state index is 12.5. The molecule has 1 aliphatic heterocycles. The van der Waals surface area contributed by atoms with Gasteiger partial charge in [-0.1, -0.05) is 66.7 Å². The van der Waals surface area contributed by atoms with Gasteiger partial charge in [0.1, 0.15) is 5.82 Å². The molecule has 1 saturated heterocycles. The van der Waals surface area contributed by atoms with Crippen molar-refractivity contribution in [3.63, 3.8) is 0 Å². The van der Waals surface area contributed by atoms with E-state index in [1.54, 1.807) is 0 Å². The second-order valence-corrected chi connectivity index (χ2v) is 8.90. The lowest BCUT2D eigenvalue weighted by Crippen LogP contribution is -2.30. The molecule has 4 rings (SSSR count). The second-order valence-electron chi connectivity index (χ2n) is 7.96. The predicted octanol–water partition coefficient (Wildman–Crippen LogP) is 4.35. The fraction of sp³-hybridized carbons (Fsp3) is 0.375. The molecule has 1 N–H and O–H groups in total.